The van der Waals surface area contributed by atoms with Gasteiger partial charge in [-0.1, -0.05) is 29.8 Å². The Morgan fingerprint density at radius 2 is 1.97 bits per heavy atom. The summed E-state index contributed by atoms with van der Waals surface area (Å²) in [6.45, 7) is 1.75. The Kier molecular flexibility index (Phi) is 5.42. The number of methoxy groups -OCH3 is 1. The second-order valence-corrected chi connectivity index (χ2v) is 8.32. The van der Waals surface area contributed by atoms with Gasteiger partial charge in [-0.05, 0) is 48.9 Å². The van der Waals surface area contributed by atoms with Gasteiger partial charge in [-0.2, -0.15) is 0 Å². The topological polar surface area (TPSA) is 77.0 Å². The minimum Gasteiger partial charge on any atom is -0.464 e. The fraction of sp³-hybridized carbons (Fsp3) is 0.115. The number of hydrogen-bond donors (Lipinski definition) is 1. The molecule has 0 unspecified atom stereocenters. The third-order valence-corrected chi connectivity index (χ3v) is 6.22. The molecule has 0 spiro atoms. The second kappa shape index (κ2) is 8.43. The lowest BCUT2D eigenvalue weighted by Gasteiger charge is -2.13. The number of fused-ring (bicyclic) bond motifs is 2. The zero-order valence-corrected chi connectivity index (χ0v) is 19.1. The molecule has 8 heteroatoms. The number of aromatic amines is 1. The number of pyridine rings is 2. The fourth-order valence-electron chi connectivity index (χ4n) is 4.26. The van der Waals surface area contributed by atoms with E-state index in [9.17, 15) is 14.0 Å². The molecule has 5 aromatic rings. The van der Waals surface area contributed by atoms with E-state index in [2.05, 4.69) is 9.97 Å². The summed E-state index contributed by atoms with van der Waals surface area (Å²) in [5.74, 6) is -1.09. The number of nitrogens with one attached hydrogen (secondary N) is 1. The largest absolute Gasteiger partial charge is 0.464 e. The molecule has 0 aliphatic heterocycles. The van der Waals surface area contributed by atoms with E-state index in [1.165, 1.54) is 19.4 Å². The van der Waals surface area contributed by atoms with Crippen LogP contribution in [0, 0.1) is 12.7 Å². The maximum Gasteiger partial charge on any atom is 0.355 e. The molecule has 0 saturated carbocycles. The van der Waals surface area contributed by atoms with Gasteiger partial charge in [0.2, 0.25) is 0 Å². The van der Waals surface area contributed by atoms with Gasteiger partial charge in [0.25, 0.3) is 5.56 Å². The molecule has 0 saturated heterocycles. The number of esters is 1. The molecule has 0 radical (unpaired) electrons. The van der Waals surface area contributed by atoms with E-state index in [0.717, 1.165) is 10.9 Å². The minimum absolute atomic E-state index is 0.116. The Labute approximate surface area is 198 Å². The molecule has 0 bridgehead atoms. The van der Waals surface area contributed by atoms with Crippen LogP contribution in [0.4, 0.5) is 4.39 Å². The molecule has 0 fully saturated rings. The number of hydrogen-bond acceptors (Lipinski definition) is 4. The van der Waals surface area contributed by atoms with Gasteiger partial charge in [0.05, 0.1) is 24.7 Å². The van der Waals surface area contributed by atoms with E-state index in [1.54, 1.807) is 29.7 Å². The molecule has 170 valence electrons. The first-order chi connectivity index (χ1) is 16.4. The van der Waals surface area contributed by atoms with Crippen molar-refractivity contribution in [2.75, 3.05) is 7.11 Å². The van der Waals surface area contributed by atoms with E-state index in [-0.39, 0.29) is 28.5 Å². The van der Waals surface area contributed by atoms with Crippen LogP contribution < -0.4 is 5.56 Å². The molecule has 34 heavy (non-hydrogen) atoms. The van der Waals surface area contributed by atoms with E-state index in [4.69, 9.17) is 16.3 Å². The van der Waals surface area contributed by atoms with Crippen LogP contribution in [0.5, 0.6) is 0 Å². The van der Waals surface area contributed by atoms with Crippen molar-refractivity contribution in [3.05, 3.63) is 98.9 Å². The van der Waals surface area contributed by atoms with Crippen LogP contribution in [0.1, 0.15) is 21.6 Å². The minimum atomic E-state index is -0.655. The van der Waals surface area contributed by atoms with Crippen molar-refractivity contribution in [3.63, 3.8) is 0 Å². The summed E-state index contributed by atoms with van der Waals surface area (Å²) in [6, 6.07) is 15.7. The molecule has 0 aliphatic carbocycles. The number of aryl methyl sites for hydroxylation is 1. The molecule has 0 aliphatic rings. The van der Waals surface area contributed by atoms with Crippen LogP contribution >= 0.6 is 11.6 Å². The summed E-state index contributed by atoms with van der Waals surface area (Å²) in [7, 11) is 1.26. The number of nitrogens with zero attached hydrogens (tertiary/aromatic N) is 2. The van der Waals surface area contributed by atoms with Gasteiger partial charge in [0.15, 0.2) is 0 Å². The maximum absolute atomic E-state index is 14.7. The summed E-state index contributed by atoms with van der Waals surface area (Å²) in [5, 5.41) is 1.70. The van der Waals surface area contributed by atoms with Crippen molar-refractivity contribution >= 4 is 39.4 Å². The predicted octanol–water partition coefficient (Wildman–Crippen LogP) is 5.48. The summed E-state index contributed by atoms with van der Waals surface area (Å²) >= 11 is 6.51. The van der Waals surface area contributed by atoms with Crippen molar-refractivity contribution in [2.45, 2.75) is 13.5 Å². The van der Waals surface area contributed by atoms with Crippen molar-refractivity contribution in [2.24, 2.45) is 0 Å². The van der Waals surface area contributed by atoms with Gasteiger partial charge in [0, 0.05) is 33.7 Å². The summed E-state index contributed by atoms with van der Waals surface area (Å²) in [6.07, 6.45) is 1.51. The standard InChI is InChI=1S/C26H19ClFN3O3/c1-14-10-18-21(12-19(14)28)31(13-16-11-15-6-3-4-8-20(15)30-24(16)27)23(26(33)34-2)22(18)17-7-5-9-29-25(17)32/h3-12H,13H2,1-2H3,(H,29,32). The third kappa shape index (κ3) is 3.54. The number of para-hydroxylation sites is 1. The third-order valence-electron chi connectivity index (χ3n) is 5.89. The van der Waals surface area contributed by atoms with Crippen LogP contribution in [-0.4, -0.2) is 27.6 Å². The summed E-state index contributed by atoms with van der Waals surface area (Å²) < 4.78 is 21.4. The van der Waals surface area contributed by atoms with Crippen molar-refractivity contribution in [1.29, 1.82) is 0 Å². The number of H-pyrrole nitrogens is 1. The number of rotatable bonds is 4. The Bertz CT molecular complexity index is 1660. The molecule has 0 amide bonds. The van der Waals surface area contributed by atoms with Gasteiger partial charge in [-0.25, -0.2) is 14.2 Å². The lowest BCUT2D eigenvalue weighted by atomic mass is 10.0. The van der Waals surface area contributed by atoms with Crippen LogP contribution in [0.25, 0.3) is 32.9 Å². The highest BCUT2D eigenvalue weighted by atomic mass is 35.5. The quantitative estimate of drug-likeness (QED) is 0.276. The van der Waals surface area contributed by atoms with Gasteiger partial charge in [-0.15, -0.1) is 0 Å². The molecule has 3 heterocycles. The Morgan fingerprint density at radius 1 is 1.18 bits per heavy atom. The molecular weight excluding hydrogens is 457 g/mol. The molecule has 5 rings (SSSR count). The van der Waals surface area contributed by atoms with Gasteiger partial charge < -0.3 is 14.3 Å². The Balaban J connectivity index is 1.85. The van der Waals surface area contributed by atoms with Crippen molar-refractivity contribution < 1.29 is 13.9 Å². The van der Waals surface area contributed by atoms with Crippen molar-refractivity contribution in [3.8, 4) is 11.1 Å². The number of carbonyl (C=O) groups is 1. The summed E-state index contributed by atoms with van der Waals surface area (Å²) in [4.78, 5) is 32.9. The van der Waals surface area contributed by atoms with Crippen molar-refractivity contribution in [1.82, 2.24) is 14.5 Å². The van der Waals surface area contributed by atoms with Gasteiger partial charge in [-0.3, -0.25) is 4.79 Å². The first-order valence-electron chi connectivity index (χ1n) is 10.5. The number of halogens is 2. The maximum atomic E-state index is 14.7. The molecule has 0 atom stereocenters. The predicted molar refractivity (Wildman–Crippen MR) is 130 cm³/mol. The zero-order valence-electron chi connectivity index (χ0n) is 18.4. The van der Waals surface area contributed by atoms with Crippen LogP contribution in [0.2, 0.25) is 5.15 Å². The molecule has 6 nitrogen and oxygen atoms in total. The number of aromatic nitrogens is 3. The van der Waals surface area contributed by atoms with Gasteiger partial charge in [0.1, 0.15) is 16.7 Å². The fourth-order valence-corrected chi connectivity index (χ4v) is 4.46. The molecule has 2 aromatic carbocycles. The summed E-state index contributed by atoms with van der Waals surface area (Å²) in [5.41, 5.74) is 2.60. The first kappa shape index (κ1) is 21.9. The van der Waals surface area contributed by atoms with E-state index >= 15 is 0 Å². The second-order valence-electron chi connectivity index (χ2n) is 7.96. The molecule has 3 aromatic heterocycles. The normalized spacial score (nSPS) is 11.3. The van der Waals surface area contributed by atoms with Crippen LogP contribution in [0.15, 0.2) is 65.6 Å². The van der Waals surface area contributed by atoms with E-state index in [1.807, 2.05) is 30.3 Å². The highest BCUT2D eigenvalue weighted by molar-refractivity contribution is 6.30. The average molecular weight is 476 g/mol. The smallest absolute Gasteiger partial charge is 0.355 e. The Morgan fingerprint density at radius 3 is 2.74 bits per heavy atom. The lowest BCUT2D eigenvalue weighted by Crippen LogP contribution is -2.15. The highest BCUT2D eigenvalue weighted by Gasteiger charge is 2.27. The van der Waals surface area contributed by atoms with Gasteiger partial charge >= 0.3 is 5.97 Å². The van der Waals surface area contributed by atoms with Crippen LogP contribution in [-0.2, 0) is 11.3 Å². The SMILES string of the molecule is COC(=O)c1c(-c2ccc[nH]c2=O)c2cc(C)c(F)cc2n1Cc1cc2ccccc2nc1Cl. The lowest BCUT2D eigenvalue weighted by molar-refractivity contribution is 0.0590. The number of benzene rings is 2. The zero-order chi connectivity index (χ0) is 24.0. The molecule has 1 N–H and O–H groups in total. The first-order valence-corrected chi connectivity index (χ1v) is 10.9. The average Bonchev–Trinajstić information content (AvgIpc) is 3.12. The van der Waals surface area contributed by atoms with E-state index < -0.39 is 11.8 Å². The van der Waals surface area contributed by atoms with Crippen LogP contribution in [0.3, 0.4) is 0 Å². The highest BCUT2D eigenvalue weighted by Crippen LogP contribution is 2.36. The Hall–Kier alpha value is -3.97. The number of carbonyl (C=O) groups excluding carboxylic acids is 1. The molecular formula is C26H19ClFN3O3. The monoisotopic (exact) mass is 475 g/mol. The van der Waals surface area contributed by atoms with E-state index in [0.29, 0.717) is 27.6 Å². The number of ether oxygens (including phenoxy) is 1.